The number of nitrogens with zero attached hydrogens (tertiary/aromatic N) is 1. The van der Waals surface area contributed by atoms with Crippen LogP contribution in [0.2, 0.25) is 0 Å². The van der Waals surface area contributed by atoms with Crippen LogP contribution in [0.3, 0.4) is 0 Å². The first-order valence-corrected chi connectivity index (χ1v) is 3.94. The van der Waals surface area contributed by atoms with Gasteiger partial charge in [-0.3, -0.25) is 0 Å². The van der Waals surface area contributed by atoms with Gasteiger partial charge in [0.25, 0.3) is 0 Å². The summed E-state index contributed by atoms with van der Waals surface area (Å²) in [5.41, 5.74) is 0. The van der Waals surface area contributed by atoms with Crippen LogP contribution < -0.4 is 0 Å². The van der Waals surface area contributed by atoms with Gasteiger partial charge < -0.3 is 0 Å². The van der Waals surface area contributed by atoms with Gasteiger partial charge in [-0.05, 0) is 6.08 Å². The molecular weight excluding hydrogens is 187 g/mol. The van der Waals surface area contributed by atoms with E-state index in [4.69, 9.17) is 5.26 Å². The van der Waals surface area contributed by atoms with Gasteiger partial charge in [-0.15, -0.1) is 0 Å². The van der Waals surface area contributed by atoms with Gasteiger partial charge in [0.1, 0.15) is 5.25 Å². The quantitative estimate of drug-likeness (QED) is 0.587. The monoisotopic (exact) mass is 191 g/mol. The van der Waals surface area contributed by atoms with Gasteiger partial charge in [0.15, 0.2) is 0 Å². The van der Waals surface area contributed by atoms with Crippen molar-refractivity contribution in [2.24, 2.45) is 0 Å². The molecule has 0 amide bonds. The standard InChI is InChI=1S/C7H4F3NS/c8-7(9,10)6-3-1-2-5(4-11)12-6/h1-3,5H. The highest BCUT2D eigenvalue weighted by Crippen LogP contribution is 2.38. The molecule has 1 aliphatic rings. The molecule has 0 aromatic carbocycles. The maximum Gasteiger partial charge on any atom is 0.422 e. The second kappa shape index (κ2) is 3.23. The van der Waals surface area contributed by atoms with Gasteiger partial charge in [0, 0.05) is 0 Å². The van der Waals surface area contributed by atoms with Crippen LogP contribution in [0.5, 0.6) is 0 Å². The van der Waals surface area contributed by atoms with E-state index < -0.39 is 16.3 Å². The van der Waals surface area contributed by atoms with Crippen molar-refractivity contribution in [1.29, 1.82) is 5.26 Å². The van der Waals surface area contributed by atoms with Gasteiger partial charge in [-0.25, -0.2) is 0 Å². The number of nitriles is 1. The fraction of sp³-hybridized carbons (Fsp3) is 0.286. The molecule has 0 bridgehead atoms. The van der Waals surface area contributed by atoms with Crippen molar-refractivity contribution < 1.29 is 13.2 Å². The van der Waals surface area contributed by atoms with Crippen LogP contribution in [0.15, 0.2) is 23.1 Å². The molecule has 0 aliphatic carbocycles. The van der Waals surface area contributed by atoms with Gasteiger partial charge in [-0.2, -0.15) is 18.4 Å². The van der Waals surface area contributed by atoms with E-state index in [1.54, 1.807) is 6.07 Å². The van der Waals surface area contributed by atoms with Crippen molar-refractivity contribution in [3.05, 3.63) is 23.1 Å². The predicted octanol–water partition coefficient (Wildman–Crippen LogP) is 2.63. The fourth-order valence-corrected chi connectivity index (χ4v) is 1.48. The Morgan fingerprint density at radius 2 is 2.17 bits per heavy atom. The largest absolute Gasteiger partial charge is 0.422 e. The Bertz CT molecular complexity index is 271. The van der Waals surface area contributed by atoms with E-state index >= 15 is 0 Å². The van der Waals surface area contributed by atoms with Crippen LogP contribution in [-0.2, 0) is 0 Å². The van der Waals surface area contributed by atoms with Crippen LogP contribution in [0.25, 0.3) is 0 Å². The van der Waals surface area contributed by atoms with Crippen LogP contribution in [0, 0.1) is 11.3 Å². The first-order valence-electron chi connectivity index (χ1n) is 3.06. The molecule has 0 saturated carbocycles. The molecule has 1 rings (SSSR count). The minimum Gasteiger partial charge on any atom is -0.197 e. The molecule has 0 saturated heterocycles. The average molecular weight is 191 g/mol. The molecule has 0 spiro atoms. The van der Waals surface area contributed by atoms with Crippen molar-refractivity contribution in [2.45, 2.75) is 11.4 Å². The lowest BCUT2D eigenvalue weighted by atomic mass is 10.3. The van der Waals surface area contributed by atoms with Crippen molar-refractivity contribution in [1.82, 2.24) is 0 Å². The molecule has 1 nitrogen and oxygen atoms in total. The maximum absolute atomic E-state index is 12.0. The predicted molar refractivity (Wildman–Crippen MR) is 40.3 cm³/mol. The van der Waals surface area contributed by atoms with Gasteiger partial charge >= 0.3 is 6.18 Å². The second-order valence-electron chi connectivity index (χ2n) is 2.08. The molecule has 1 aliphatic heterocycles. The summed E-state index contributed by atoms with van der Waals surface area (Å²) in [4.78, 5) is -0.712. The second-order valence-corrected chi connectivity index (χ2v) is 3.26. The van der Waals surface area contributed by atoms with E-state index in [0.717, 1.165) is 6.08 Å². The van der Waals surface area contributed by atoms with Crippen LogP contribution in [-0.4, -0.2) is 11.4 Å². The molecule has 1 atom stereocenters. The Kier molecular flexibility index (Phi) is 2.48. The minimum absolute atomic E-state index is 0.527. The summed E-state index contributed by atoms with van der Waals surface area (Å²) in [5, 5.41) is 7.64. The number of thioether (sulfide) groups is 1. The summed E-state index contributed by atoms with van der Waals surface area (Å²) in [6, 6.07) is 1.74. The molecule has 0 aromatic rings. The molecule has 12 heavy (non-hydrogen) atoms. The van der Waals surface area contributed by atoms with E-state index in [9.17, 15) is 13.2 Å². The summed E-state index contributed by atoms with van der Waals surface area (Å²) >= 11 is 0.527. The lowest BCUT2D eigenvalue weighted by Crippen LogP contribution is -2.13. The third-order valence-corrected chi connectivity index (χ3v) is 2.33. The molecule has 64 valence electrons. The number of hydrogen-bond acceptors (Lipinski definition) is 2. The smallest absolute Gasteiger partial charge is 0.197 e. The zero-order valence-corrected chi connectivity index (χ0v) is 6.62. The minimum atomic E-state index is -4.33. The highest BCUT2D eigenvalue weighted by molar-refractivity contribution is 8.04. The third kappa shape index (κ3) is 2.05. The number of hydrogen-bond donors (Lipinski definition) is 0. The van der Waals surface area contributed by atoms with Crippen LogP contribution in [0.1, 0.15) is 0 Å². The van der Waals surface area contributed by atoms with E-state index in [2.05, 4.69) is 0 Å². The zero-order valence-electron chi connectivity index (χ0n) is 5.80. The van der Waals surface area contributed by atoms with E-state index in [-0.39, 0.29) is 0 Å². The maximum atomic E-state index is 12.0. The van der Waals surface area contributed by atoms with Gasteiger partial charge in [0.05, 0.1) is 11.0 Å². The SMILES string of the molecule is N#CC1C=CC=C(C(F)(F)F)S1. The van der Waals surface area contributed by atoms with Crippen LogP contribution in [0.4, 0.5) is 13.2 Å². The molecule has 1 heterocycles. The number of rotatable bonds is 0. The molecule has 0 aromatic heterocycles. The van der Waals surface area contributed by atoms with E-state index in [0.29, 0.717) is 11.8 Å². The molecule has 0 radical (unpaired) electrons. The third-order valence-electron chi connectivity index (χ3n) is 1.19. The molecule has 5 heteroatoms. The normalized spacial score (nSPS) is 23.2. The summed E-state index contributed by atoms with van der Waals surface area (Å²) in [6.07, 6.45) is -0.670. The summed E-state index contributed by atoms with van der Waals surface area (Å²) < 4.78 is 36.1. The molecule has 1 unspecified atom stereocenters. The Labute approximate surface area is 71.6 Å². The zero-order chi connectivity index (χ0) is 9.19. The number of alkyl halides is 3. The Morgan fingerprint density at radius 3 is 2.67 bits per heavy atom. The summed E-state index contributed by atoms with van der Waals surface area (Å²) in [6.45, 7) is 0. The Morgan fingerprint density at radius 1 is 1.50 bits per heavy atom. The van der Waals surface area contributed by atoms with Gasteiger partial charge in [-0.1, -0.05) is 23.9 Å². The van der Waals surface area contributed by atoms with Gasteiger partial charge in [0.2, 0.25) is 0 Å². The first kappa shape index (κ1) is 9.20. The van der Waals surface area contributed by atoms with Crippen molar-refractivity contribution in [3.63, 3.8) is 0 Å². The van der Waals surface area contributed by atoms with Crippen molar-refractivity contribution in [3.8, 4) is 6.07 Å². The van der Waals surface area contributed by atoms with Crippen LogP contribution >= 0.6 is 11.8 Å². The summed E-state index contributed by atoms with van der Waals surface area (Å²) in [5.74, 6) is 0. The highest BCUT2D eigenvalue weighted by atomic mass is 32.2. The van der Waals surface area contributed by atoms with Crippen molar-refractivity contribution >= 4 is 11.8 Å². The Balaban J connectivity index is 2.78. The molecular formula is C7H4F3NS. The lowest BCUT2D eigenvalue weighted by Gasteiger charge is -2.14. The average Bonchev–Trinajstić information content (AvgIpc) is 2.03. The number of halogens is 3. The van der Waals surface area contributed by atoms with Crippen molar-refractivity contribution in [2.75, 3.05) is 0 Å². The topological polar surface area (TPSA) is 23.8 Å². The molecule has 0 N–H and O–H groups in total. The lowest BCUT2D eigenvalue weighted by molar-refractivity contribution is -0.0836. The first-order chi connectivity index (χ1) is 5.54. The summed E-state index contributed by atoms with van der Waals surface area (Å²) in [7, 11) is 0. The highest BCUT2D eigenvalue weighted by Gasteiger charge is 2.36. The van der Waals surface area contributed by atoms with E-state index in [1.165, 1.54) is 12.2 Å². The number of allylic oxidation sites excluding steroid dienone is 3. The fourth-order valence-electron chi connectivity index (χ4n) is 0.690. The molecule has 0 fully saturated rings. The van der Waals surface area contributed by atoms with E-state index in [1.807, 2.05) is 0 Å². The Hall–Kier alpha value is -0.890.